The normalized spacial score (nSPS) is 10.8. The van der Waals surface area contributed by atoms with Crippen molar-refractivity contribution < 1.29 is 0 Å². The van der Waals surface area contributed by atoms with Gasteiger partial charge in [-0.1, -0.05) is 53.7 Å². The first kappa shape index (κ1) is 15.1. The van der Waals surface area contributed by atoms with Gasteiger partial charge in [-0.15, -0.1) is 0 Å². The standard InChI is InChI=1S/C15H18ClN3S/c1-11(2)19(10-12-7-5-4-6-8-12)14-9-13(16)17-15(18-14)20-3/h4-9,11H,10H2,1-3H3. The lowest BCUT2D eigenvalue weighted by atomic mass is 10.2. The summed E-state index contributed by atoms with van der Waals surface area (Å²) < 4.78 is 0. The highest BCUT2D eigenvalue weighted by atomic mass is 35.5. The van der Waals surface area contributed by atoms with Crippen molar-refractivity contribution in [3.8, 4) is 0 Å². The summed E-state index contributed by atoms with van der Waals surface area (Å²) in [6.07, 6.45) is 1.95. The average Bonchev–Trinajstić information content (AvgIpc) is 2.44. The minimum absolute atomic E-state index is 0.330. The molecule has 20 heavy (non-hydrogen) atoms. The van der Waals surface area contributed by atoms with Crippen LogP contribution >= 0.6 is 23.4 Å². The van der Waals surface area contributed by atoms with Crippen LogP contribution in [0.25, 0.3) is 0 Å². The number of benzene rings is 1. The van der Waals surface area contributed by atoms with E-state index in [4.69, 9.17) is 11.6 Å². The molecule has 5 heteroatoms. The summed E-state index contributed by atoms with van der Waals surface area (Å²) in [4.78, 5) is 11.0. The fourth-order valence-corrected chi connectivity index (χ4v) is 2.53. The van der Waals surface area contributed by atoms with Gasteiger partial charge in [0.15, 0.2) is 5.16 Å². The molecule has 3 nitrogen and oxygen atoms in total. The van der Waals surface area contributed by atoms with E-state index in [2.05, 4.69) is 40.8 Å². The van der Waals surface area contributed by atoms with Crippen LogP contribution in [0.1, 0.15) is 19.4 Å². The second-order valence-corrected chi connectivity index (χ2v) is 5.90. The Morgan fingerprint density at radius 1 is 1.20 bits per heavy atom. The number of rotatable bonds is 5. The first-order valence-electron chi connectivity index (χ1n) is 6.49. The summed E-state index contributed by atoms with van der Waals surface area (Å²) >= 11 is 7.59. The molecule has 2 rings (SSSR count). The zero-order chi connectivity index (χ0) is 14.5. The van der Waals surface area contributed by atoms with Crippen LogP contribution in [-0.4, -0.2) is 22.3 Å². The van der Waals surface area contributed by atoms with Crippen molar-refractivity contribution in [2.45, 2.75) is 31.6 Å². The molecule has 0 spiro atoms. The van der Waals surface area contributed by atoms with Gasteiger partial charge in [-0.3, -0.25) is 0 Å². The third-order valence-corrected chi connectivity index (χ3v) is 3.70. The van der Waals surface area contributed by atoms with Gasteiger partial charge in [-0.05, 0) is 25.7 Å². The third kappa shape index (κ3) is 3.87. The van der Waals surface area contributed by atoms with E-state index >= 15 is 0 Å². The first-order chi connectivity index (χ1) is 9.60. The monoisotopic (exact) mass is 307 g/mol. The predicted octanol–water partition coefficient (Wildman–Crippen LogP) is 4.27. The van der Waals surface area contributed by atoms with Gasteiger partial charge in [0.1, 0.15) is 11.0 Å². The number of aromatic nitrogens is 2. The van der Waals surface area contributed by atoms with Crippen molar-refractivity contribution in [1.82, 2.24) is 9.97 Å². The minimum atomic E-state index is 0.330. The van der Waals surface area contributed by atoms with E-state index in [1.54, 1.807) is 0 Å². The summed E-state index contributed by atoms with van der Waals surface area (Å²) in [6.45, 7) is 5.11. The van der Waals surface area contributed by atoms with Gasteiger partial charge in [-0.2, -0.15) is 0 Å². The molecule has 0 N–H and O–H groups in total. The maximum Gasteiger partial charge on any atom is 0.190 e. The molecule has 1 heterocycles. The van der Waals surface area contributed by atoms with Gasteiger partial charge >= 0.3 is 0 Å². The molecule has 0 unspecified atom stereocenters. The largest absolute Gasteiger partial charge is 0.350 e. The molecule has 106 valence electrons. The molecule has 0 saturated heterocycles. The highest BCUT2D eigenvalue weighted by molar-refractivity contribution is 7.98. The highest BCUT2D eigenvalue weighted by Crippen LogP contribution is 2.23. The summed E-state index contributed by atoms with van der Waals surface area (Å²) in [5, 5.41) is 1.18. The molecule has 0 fully saturated rings. The fourth-order valence-electron chi connectivity index (χ4n) is 1.93. The van der Waals surface area contributed by atoms with Gasteiger partial charge < -0.3 is 4.90 Å². The predicted molar refractivity (Wildman–Crippen MR) is 86.6 cm³/mol. The SMILES string of the molecule is CSc1nc(Cl)cc(N(Cc2ccccc2)C(C)C)n1. The van der Waals surface area contributed by atoms with Gasteiger partial charge in [0.25, 0.3) is 0 Å². The van der Waals surface area contributed by atoms with Crippen LogP contribution in [0.3, 0.4) is 0 Å². The lowest BCUT2D eigenvalue weighted by Crippen LogP contribution is -2.31. The zero-order valence-corrected chi connectivity index (χ0v) is 13.4. The number of nitrogens with zero attached hydrogens (tertiary/aromatic N) is 3. The molecule has 1 aromatic carbocycles. The smallest absolute Gasteiger partial charge is 0.190 e. The fraction of sp³-hybridized carbons (Fsp3) is 0.333. The van der Waals surface area contributed by atoms with Gasteiger partial charge in [0.2, 0.25) is 0 Å². The summed E-state index contributed by atoms with van der Waals surface area (Å²) in [6, 6.07) is 12.5. The summed E-state index contributed by atoms with van der Waals surface area (Å²) in [5.74, 6) is 0.869. The van der Waals surface area contributed by atoms with Crippen molar-refractivity contribution in [3.63, 3.8) is 0 Å². The Bertz CT molecular complexity index is 560. The van der Waals surface area contributed by atoms with Crippen LogP contribution in [0.5, 0.6) is 0 Å². The van der Waals surface area contributed by atoms with Gasteiger partial charge in [0, 0.05) is 18.7 Å². The Kier molecular flexibility index (Phi) is 5.26. The molecule has 0 amide bonds. The van der Waals surface area contributed by atoms with Crippen LogP contribution in [0, 0.1) is 0 Å². The molecule has 1 aromatic heterocycles. The summed E-state index contributed by atoms with van der Waals surface area (Å²) in [7, 11) is 0. The molecule has 0 aliphatic rings. The van der Waals surface area contributed by atoms with Crippen LogP contribution in [-0.2, 0) is 6.54 Å². The van der Waals surface area contributed by atoms with Crippen molar-refractivity contribution in [1.29, 1.82) is 0 Å². The first-order valence-corrected chi connectivity index (χ1v) is 8.09. The third-order valence-electron chi connectivity index (χ3n) is 2.96. The summed E-state index contributed by atoms with van der Waals surface area (Å²) in [5.41, 5.74) is 1.25. The molecule has 2 aromatic rings. The highest BCUT2D eigenvalue weighted by Gasteiger charge is 2.14. The molecule has 0 atom stereocenters. The van der Waals surface area contributed by atoms with Crippen molar-refractivity contribution in [2.24, 2.45) is 0 Å². The molecule has 0 aliphatic carbocycles. The van der Waals surface area contributed by atoms with Crippen LogP contribution in [0.2, 0.25) is 5.15 Å². The quantitative estimate of drug-likeness (QED) is 0.469. The van der Waals surface area contributed by atoms with E-state index in [0.717, 1.165) is 12.4 Å². The Morgan fingerprint density at radius 3 is 2.50 bits per heavy atom. The Morgan fingerprint density at radius 2 is 1.90 bits per heavy atom. The number of halogens is 1. The van der Waals surface area contributed by atoms with Crippen LogP contribution < -0.4 is 4.90 Å². The number of hydrogen-bond donors (Lipinski definition) is 0. The van der Waals surface area contributed by atoms with E-state index in [-0.39, 0.29) is 0 Å². The maximum absolute atomic E-state index is 6.09. The molecule has 0 aliphatic heterocycles. The van der Waals surface area contributed by atoms with E-state index in [0.29, 0.717) is 16.4 Å². The lowest BCUT2D eigenvalue weighted by Gasteiger charge is -2.28. The second-order valence-electron chi connectivity index (χ2n) is 4.74. The zero-order valence-electron chi connectivity index (χ0n) is 11.9. The minimum Gasteiger partial charge on any atom is -0.350 e. The molecule has 0 bridgehead atoms. The molecule has 0 saturated carbocycles. The second kappa shape index (κ2) is 6.95. The lowest BCUT2D eigenvalue weighted by molar-refractivity contribution is 0.665. The molecular weight excluding hydrogens is 290 g/mol. The number of anilines is 1. The Balaban J connectivity index is 2.31. The average molecular weight is 308 g/mol. The molecule has 0 radical (unpaired) electrons. The van der Waals surface area contributed by atoms with Crippen molar-refractivity contribution in [2.75, 3.05) is 11.2 Å². The van der Waals surface area contributed by atoms with Crippen LogP contribution in [0.4, 0.5) is 5.82 Å². The number of hydrogen-bond acceptors (Lipinski definition) is 4. The van der Waals surface area contributed by atoms with Gasteiger partial charge in [0.05, 0.1) is 0 Å². The topological polar surface area (TPSA) is 29.0 Å². The van der Waals surface area contributed by atoms with Crippen LogP contribution in [0.15, 0.2) is 41.6 Å². The number of thioether (sulfide) groups is 1. The van der Waals surface area contributed by atoms with E-state index in [1.807, 2.05) is 30.5 Å². The van der Waals surface area contributed by atoms with Crippen molar-refractivity contribution in [3.05, 3.63) is 47.1 Å². The Hall–Kier alpha value is -1.26. The van der Waals surface area contributed by atoms with E-state index < -0.39 is 0 Å². The Labute approximate surface area is 129 Å². The van der Waals surface area contributed by atoms with E-state index in [9.17, 15) is 0 Å². The van der Waals surface area contributed by atoms with E-state index in [1.165, 1.54) is 17.3 Å². The van der Waals surface area contributed by atoms with Crippen molar-refractivity contribution >= 4 is 29.2 Å². The maximum atomic E-state index is 6.09. The van der Waals surface area contributed by atoms with Gasteiger partial charge in [-0.25, -0.2) is 9.97 Å². The molecular formula is C15H18ClN3S.